The fourth-order valence-corrected chi connectivity index (χ4v) is 3.09. The van der Waals surface area contributed by atoms with E-state index in [0.29, 0.717) is 12.5 Å². The number of rotatable bonds is 5. The molecule has 3 atom stereocenters. The number of aliphatic hydroxyl groups is 1. The highest BCUT2D eigenvalue weighted by atomic mass is 16.5. The first kappa shape index (κ1) is 14.4. The molecule has 2 heteroatoms. The van der Waals surface area contributed by atoms with Gasteiger partial charge in [-0.1, -0.05) is 44.9 Å². The molecule has 0 saturated heterocycles. The van der Waals surface area contributed by atoms with Crippen molar-refractivity contribution in [3.8, 4) is 5.75 Å². The van der Waals surface area contributed by atoms with Crippen LogP contribution in [0.1, 0.15) is 57.6 Å². The zero-order chi connectivity index (χ0) is 13.7. The smallest absolute Gasteiger partial charge is 0.125 e. The van der Waals surface area contributed by atoms with Crippen LogP contribution in [0.2, 0.25) is 0 Å². The van der Waals surface area contributed by atoms with Gasteiger partial charge in [0.15, 0.2) is 0 Å². The molecule has 1 aromatic carbocycles. The lowest BCUT2D eigenvalue weighted by atomic mass is 9.78. The lowest BCUT2D eigenvalue weighted by Crippen LogP contribution is -2.20. The normalized spacial score (nSPS) is 25.0. The molecule has 0 aliphatic heterocycles. The van der Waals surface area contributed by atoms with Gasteiger partial charge in [0.25, 0.3) is 0 Å². The summed E-state index contributed by atoms with van der Waals surface area (Å²) in [5.41, 5.74) is 0.968. The van der Waals surface area contributed by atoms with E-state index in [9.17, 15) is 5.11 Å². The fourth-order valence-electron chi connectivity index (χ4n) is 3.09. The van der Waals surface area contributed by atoms with Gasteiger partial charge in [-0.2, -0.15) is 0 Å². The number of hydrogen-bond acceptors (Lipinski definition) is 2. The van der Waals surface area contributed by atoms with Gasteiger partial charge >= 0.3 is 0 Å². The Bertz CT molecular complexity index is 389. The topological polar surface area (TPSA) is 29.5 Å². The SMILES string of the molecule is CCCOc1ccccc1C(O)C1CCCC(C)C1. The molecule has 0 heterocycles. The van der Waals surface area contributed by atoms with Gasteiger partial charge in [0.1, 0.15) is 5.75 Å². The maximum absolute atomic E-state index is 10.7. The summed E-state index contributed by atoms with van der Waals surface area (Å²) in [5, 5.41) is 10.7. The largest absolute Gasteiger partial charge is 0.493 e. The Morgan fingerprint density at radius 1 is 1.32 bits per heavy atom. The van der Waals surface area contributed by atoms with E-state index in [1.807, 2.05) is 24.3 Å². The molecule has 1 aliphatic carbocycles. The quantitative estimate of drug-likeness (QED) is 0.855. The molecular weight excluding hydrogens is 236 g/mol. The molecular formula is C17H26O2. The van der Waals surface area contributed by atoms with Crippen LogP contribution in [0.25, 0.3) is 0 Å². The van der Waals surface area contributed by atoms with E-state index in [1.54, 1.807) is 0 Å². The molecule has 3 unspecified atom stereocenters. The Balaban J connectivity index is 2.11. The maximum atomic E-state index is 10.7. The molecule has 1 aliphatic rings. The summed E-state index contributed by atoms with van der Waals surface area (Å²) in [7, 11) is 0. The predicted molar refractivity (Wildman–Crippen MR) is 78.3 cm³/mol. The van der Waals surface area contributed by atoms with E-state index in [4.69, 9.17) is 4.74 Å². The molecule has 2 nitrogen and oxygen atoms in total. The fraction of sp³-hybridized carbons (Fsp3) is 0.647. The minimum absolute atomic E-state index is 0.379. The second-order valence-corrected chi connectivity index (χ2v) is 5.86. The lowest BCUT2D eigenvalue weighted by Gasteiger charge is -2.31. The van der Waals surface area contributed by atoms with E-state index >= 15 is 0 Å². The van der Waals surface area contributed by atoms with Gasteiger partial charge in [0, 0.05) is 5.56 Å². The zero-order valence-electron chi connectivity index (χ0n) is 12.1. The summed E-state index contributed by atoms with van der Waals surface area (Å²) in [6.45, 7) is 5.10. The van der Waals surface area contributed by atoms with Gasteiger partial charge in [-0.25, -0.2) is 0 Å². The maximum Gasteiger partial charge on any atom is 0.125 e. The Labute approximate surface area is 116 Å². The van der Waals surface area contributed by atoms with Crippen molar-refractivity contribution in [2.75, 3.05) is 6.61 Å². The van der Waals surface area contributed by atoms with Crippen molar-refractivity contribution in [1.29, 1.82) is 0 Å². The summed E-state index contributed by atoms with van der Waals surface area (Å²) in [5.74, 6) is 1.97. The summed E-state index contributed by atoms with van der Waals surface area (Å²) < 4.78 is 5.77. The molecule has 1 saturated carbocycles. The monoisotopic (exact) mass is 262 g/mol. The van der Waals surface area contributed by atoms with Crippen LogP contribution in [0, 0.1) is 11.8 Å². The van der Waals surface area contributed by atoms with Gasteiger partial charge in [-0.3, -0.25) is 0 Å². The number of hydrogen-bond donors (Lipinski definition) is 1. The Morgan fingerprint density at radius 2 is 2.11 bits per heavy atom. The van der Waals surface area contributed by atoms with Crippen molar-refractivity contribution in [1.82, 2.24) is 0 Å². The number of ether oxygens (including phenoxy) is 1. The molecule has 2 rings (SSSR count). The zero-order valence-corrected chi connectivity index (χ0v) is 12.1. The van der Waals surface area contributed by atoms with Crippen LogP contribution in [-0.4, -0.2) is 11.7 Å². The third-order valence-electron chi connectivity index (χ3n) is 4.12. The van der Waals surface area contributed by atoms with Crippen molar-refractivity contribution in [2.24, 2.45) is 11.8 Å². The second kappa shape index (κ2) is 6.95. The molecule has 0 bridgehead atoms. The Kier molecular flexibility index (Phi) is 5.26. The summed E-state index contributed by atoms with van der Waals surface area (Å²) in [6, 6.07) is 7.95. The van der Waals surface area contributed by atoms with E-state index < -0.39 is 0 Å². The first-order chi connectivity index (χ1) is 9.22. The second-order valence-electron chi connectivity index (χ2n) is 5.86. The molecule has 0 spiro atoms. The lowest BCUT2D eigenvalue weighted by molar-refractivity contribution is 0.0687. The van der Waals surface area contributed by atoms with Crippen molar-refractivity contribution >= 4 is 0 Å². The first-order valence-electron chi connectivity index (χ1n) is 7.62. The van der Waals surface area contributed by atoms with Crippen LogP contribution in [0.5, 0.6) is 5.75 Å². The molecule has 0 amide bonds. The van der Waals surface area contributed by atoms with Crippen LogP contribution in [0.4, 0.5) is 0 Å². The third-order valence-corrected chi connectivity index (χ3v) is 4.12. The van der Waals surface area contributed by atoms with Crippen LogP contribution in [0.15, 0.2) is 24.3 Å². The van der Waals surface area contributed by atoms with Crippen LogP contribution >= 0.6 is 0 Å². The van der Waals surface area contributed by atoms with Gasteiger partial charge < -0.3 is 9.84 Å². The van der Waals surface area contributed by atoms with Crippen LogP contribution < -0.4 is 4.74 Å². The first-order valence-corrected chi connectivity index (χ1v) is 7.62. The van der Waals surface area contributed by atoms with Crippen molar-refractivity contribution in [3.63, 3.8) is 0 Å². The molecule has 1 N–H and O–H groups in total. The van der Waals surface area contributed by atoms with Gasteiger partial charge in [-0.05, 0) is 37.2 Å². The number of para-hydroxylation sites is 1. The van der Waals surface area contributed by atoms with Crippen molar-refractivity contribution in [3.05, 3.63) is 29.8 Å². The van der Waals surface area contributed by atoms with E-state index in [2.05, 4.69) is 13.8 Å². The van der Waals surface area contributed by atoms with Crippen LogP contribution in [0.3, 0.4) is 0 Å². The summed E-state index contributed by atoms with van der Waals surface area (Å²) in [6.07, 6.45) is 5.41. The van der Waals surface area contributed by atoms with Gasteiger partial charge in [-0.15, -0.1) is 0 Å². The standard InChI is InChI=1S/C17H26O2/c1-3-11-19-16-10-5-4-9-15(16)17(18)14-8-6-7-13(2)12-14/h4-5,9-10,13-14,17-18H,3,6-8,11-12H2,1-2H3. The van der Waals surface area contributed by atoms with E-state index in [1.165, 1.54) is 12.8 Å². The summed E-state index contributed by atoms with van der Waals surface area (Å²) in [4.78, 5) is 0. The molecule has 1 aromatic rings. The van der Waals surface area contributed by atoms with E-state index in [0.717, 1.165) is 36.5 Å². The minimum atomic E-state index is -0.379. The molecule has 106 valence electrons. The number of benzene rings is 1. The highest BCUT2D eigenvalue weighted by molar-refractivity contribution is 5.35. The summed E-state index contributed by atoms with van der Waals surface area (Å²) >= 11 is 0. The highest BCUT2D eigenvalue weighted by Crippen LogP contribution is 2.39. The molecule has 0 aromatic heterocycles. The average molecular weight is 262 g/mol. The number of aliphatic hydroxyl groups excluding tert-OH is 1. The highest BCUT2D eigenvalue weighted by Gasteiger charge is 2.27. The van der Waals surface area contributed by atoms with Gasteiger partial charge in [0.05, 0.1) is 12.7 Å². The Hall–Kier alpha value is -1.02. The Morgan fingerprint density at radius 3 is 2.84 bits per heavy atom. The third kappa shape index (κ3) is 3.73. The molecule has 19 heavy (non-hydrogen) atoms. The van der Waals surface area contributed by atoms with E-state index in [-0.39, 0.29) is 6.10 Å². The predicted octanol–water partition coefficient (Wildman–Crippen LogP) is 4.34. The van der Waals surface area contributed by atoms with Crippen molar-refractivity contribution in [2.45, 2.75) is 52.1 Å². The van der Waals surface area contributed by atoms with Gasteiger partial charge in [0.2, 0.25) is 0 Å². The average Bonchev–Trinajstić information content (AvgIpc) is 2.44. The minimum Gasteiger partial charge on any atom is -0.493 e. The van der Waals surface area contributed by atoms with Crippen LogP contribution in [-0.2, 0) is 0 Å². The van der Waals surface area contributed by atoms with Crippen molar-refractivity contribution < 1.29 is 9.84 Å². The molecule has 1 fully saturated rings. The molecule has 0 radical (unpaired) electrons.